The molecule has 2 atom stereocenters. The first-order chi connectivity index (χ1) is 21.7. The van der Waals surface area contributed by atoms with E-state index in [1.54, 1.807) is 0 Å². The van der Waals surface area contributed by atoms with Crippen LogP contribution >= 0.6 is 0 Å². The van der Waals surface area contributed by atoms with Crippen molar-refractivity contribution in [2.75, 3.05) is 11.9 Å². The molecule has 4 aromatic rings. The number of hydrogen-bond acceptors (Lipinski definition) is 2. The van der Waals surface area contributed by atoms with Gasteiger partial charge in [-0.05, 0) is 117 Å². The second-order valence-corrected chi connectivity index (χ2v) is 12.8. The summed E-state index contributed by atoms with van der Waals surface area (Å²) in [4.78, 5) is 0. The molecule has 0 fully saturated rings. The molecule has 4 aromatic carbocycles. The van der Waals surface area contributed by atoms with Crippen molar-refractivity contribution in [1.82, 2.24) is 0 Å². The second kappa shape index (κ2) is 11.6. The van der Waals surface area contributed by atoms with Crippen LogP contribution in [0.1, 0.15) is 65.0 Å². The average molecular weight is 573 g/mol. The van der Waals surface area contributed by atoms with E-state index in [4.69, 9.17) is 5.73 Å². The summed E-state index contributed by atoms with van der Waals surface area (Å²) in [6.45, 7) is 0.826. The predicted molar refractivity (Wildman–Crippen MR) is 189 cm³/mol. The Labute approximate surface area is 261 Å². The van der Waals surface area contributed by atoms with Gasteiger partial charge in [-0.1, -0.05) is 109 Å². The van der Waals surface area contributed by atoms with Crippen molar-refractivity contribution < 1.29 is 0 Å². The van der Waals surface area contributed by atoms with E-state index in [9.17, 15) is 0 Å². The number of nitrogens with two attached hydrogens (primary N) is 1. The fraction of sp³-hybridized carbons (Fsp3) is 0.238. The van der Waals surface area contributed by atoms with Gasteiger partial charge >= 0.3 is 0 Å². The fourth-order valence-electron chi connectivity index (χ4n) is 7.67. The summed E-state index contributed by atoms with van der Waals surface area (Å²) in [7, 11) is 0. The van der Waals surface area contributed by atoms with Gasteiger partial charge in [0.1, 0.15) is 0 Å². The lowest BCUT2D eigenvalue weighted by Crippen LogP contribution is -2.19. The van der Waals surface area contributed by atoms with E-state index in [1.165, 1.54) is 71.8 Å². The topological polar surface area (TPSA) is 38.0 Å². The third-order valence-electron chi connectivity index (χ3n) is 10.1. The number of anilines is 1. The van der Waals surface area contributed by atoms with Gasteiger partial charge in [0, 0.05) is 24.2 Å². The Morgan fingerprint density at radius 3 is 2.45 bits per heavy atom. The first-order valence-corrected chi connectivity index (χ1v) is 16.4. The van der Waals surface area contributed by atoms with Gasteiger partial charge in [-0.2, -0.15) is 0 Å². The minimum Gasteiger partial charge on any atom is -0.381 e. The van der Waals surface area contributed by atoms with Crippen LogP contribution in [0.2, 0.25) is 0 Å². The van der Waals surface area contributed by atoms with E-state index >= 15 is 0 Å². The van der Waals surface area contributed by atoms with E-state index in [0.717, 1.165) is 51.5 Å². The van der Waals surface area contributed by atoms with Gasteiger partial charge in [0.15, 0.2) is 0 Å². The molecule has 0 saturated heterocycles. The summed E-state index contributed by atoms with van der Waals surface area (Å²) in [5.74, 6) is 0.400. The van der Waals surface area contributed by atoms with Gasteiger partial charge in [0.2, 0.25) is 0 Å². The molecule has 2 unspecified atom stereocenters. The van der Waals surface area contributed by atoms with E-state index in [1.807, 2.05) is 0 Å². The molecule has 2 nitrogen and oxygen atoms in total. The van der Waals surface area contributed by atoms with Crippen LogP contribution in [0.4, 0.5) is 5.69 Å². The molecule has 1 heterocycles. The highest BCUT2D eigenvalue weighted by molar-refractivity contribution is 6.13. The zero-order valence-corrected chi connectivity index (χ0v) is 25.4. The highest BCUT2D eigenvalue weighted by Crippen LogP contribution is 2.39. The molecule has 0 amide bonds. The Bertz CT molecular complexity index is 1960. The van der Waals surface area contributed by atoms with E-state index in [2.05, 4.69) is 121 Å². The molecule has 4 aliphatic rings. The summed E-state index contributed by atoms with van der Waals surface area (Å²) in [6.07, 6.45) is 30.7. The maximum Gasteiger partial charge on any atom is 0.0451 e. The molecule has 2 heteroatoms. The minimum atomic E-state index is 0.313. The van der Waals surface area contributed by atoms with Gasteiger partial charge in [-0.3, -0.25) is 0 Å². The van der Waals surface area contributed by atoms with Crippen LogP contribution < -0.4 is 11.1 Å². The third-order valence-corrected chi connectivity index (χ3v) is 10.1. The van der Waals surface area contributed by atoms with Crippen molar-refractivity contribution in [1.29, 1.82) is 0 Å². The molecule has 3 N–H and O–H groups in total. The van der Waals surface area contributed by atoms with Crippen LogP contribution in [0.3, 0.4) is 0 Å². The van der Waals surface area contributed by atoms with E-state index in [0.29, 0.717) is 12.0 Å². The van der Waals surface area contributed by atoms with Gasteiger partial charge in [0.05, 0.1) is 0 Å². The molecular weight excluding hydrogens is 532 g/mol. The highest BCUT2D eigenvalue weighted by atomic mass is 14.9. The predicted octanol–water partition coefficient (Wildman–Crippen LogP) is 9.75. The van der Waals surface area contributed by atoms with Crippen molar-refractivity contribution in [3.05, 3.63) is 148 Å². The number of benzene rings is 4. The molecule has 8 rings (SSSR count). The summed E-state index contributed by atoms with van der Waals surface area (Å²) in [5, 5.41) is 9.29. The largest absolute Gasteiger partial charge is 0.381 e. The molecule has 0 saturated carbocycles. The van der Waals surface area contributed by atoms with Crippen molar-refractivity contribution in [2.45, 2.75) is 56.9 Å². The number of hydrogen-bond donors (Lipinski definition) is 2. The molecule has 3 aliphatic carbocycles. The Kier molecular flexibility index (Phi) is 7.16. The monoisotopic (exact) mass is 572 g/mol. The molecule has 0 aromatic heterocycles. The molecule has 44 heavy (non-hydrogen) atoms. The standard InChI is InChI=1S/C42H40N2/c43-34-21-19-31-17-18-32-16-13-29(25-26-44-42(32)35(31)24-22-34)10-9-28-11-14-30(15-12-28)33-20-23-40-38-7-2-1-5-36(38)37-6-3-4-8-39(37)41(40)27-33/h1-2,4-5,7-14,16-18,20,23,25,27,30,34,44H,3,6,15,19,21-22,24,26,43H2/b10-9+,16-13?,29-25+. The van der Waals surface area contributed by atoms with Crippen LogP contribution in [0.15, 0.2) is 114 Å². The number of allylic oxidation sites excluding steroid dienone is 9. The zero-order valence-electron chi connectivity index (χ0n) is 25.4. The van der Waals surface area contributed by atoms with Gasteiger partial charge in [-0.15, -0.1) is 0 Å². The first-order valence-electron chi connectivity index (χ1n) is 16.4. The second-order valence-electron chi connectivity index (χ2n) is 12.8. The number of rotatable bonds is 3. The molecule has 0 bridgehead atoms. The Morgan fingerprint density at radius 1 is 0.727 bits per heavy atom. The maximum atomic E-state index is 6.29. The first kappa shape index (κ1) is 27.2. The van der Waals surface area contributed by atoms with E-state index in [-0.39, 0.29) is 0 Å². The average Bonchev–Trinajstić information content (AvgIpc) is 3.26. The smallest absolute Gasteiger partial charge is 0.0451 e. The van der Waals surface area contributed by atoms with Crippen molar-refractivity contribution in [3.63, 3.8) is 0 Å². The summed E-state index contributed by atoms with van der Waals surface area (Å²) in [5.41, 5.74) is 18.6. The number of aryl methyl sites for hydroxylation is 2. The Hall–Kier alpha value is -4.40. The Morgan fingerprint density at radius 2 is 1.57 bits per heavy atom. The molecule has 0 radical (unpaired) electrons. The number of nitrogens with one attached hydrogen (secondary N) is 1. The molecule has 218 valence electrons. The van der Waals surface area contributed by atoms with Crippen molar-refractivity contribution in [3.8, 4) is 0 Å². The van der Waals surface area contributed by atoms with Crippen molar-refractivity contribution in [2.24, 2.45) is 5.73 Å². The van der Waals surface area contributed by atoms with Crippen molar-refractivity contribution >= 4 is 39.4 Å². The number of fused-ring (bicyclic) bond motifs is 9. The zero-order chi connectivity index (χ0) is 29.5. The SMILES string of the molecule is NC1CCc2ccc3c(c2CC1)NC/C=C(\C=C\C1=CCC(c2ccc4c(c2)c2c(c5ccccc54)CCC=C2)C=C1)C=C3. The fourth-order valence-corrected chi connectivity index (χ4v) is 7.67. The van der Waals surface area contributed by atoms with Gasteiger partial charge in [-0.25, -0.2) is 0 Å². The van der Waals surface area contributed by atoms with E-state index < -0.39 is 0 Å². The Balaban J connectivity index is 0.999. The van der Waals surface area contributed by atoms with Crippen LogP contribution in [-0.4, -0.2) is 12.6 Å². The summed E-state index contributed by atoms with van der Waals surface area (Å²) >= 11 is 0. The van der Waals surface area contributed by atoms with Gasteiger partial charge in [0.25, 0.3) is 0 Å². The lowest BCUT2D eigenvalue weighted by atomic mass is 9.84. The summed E-state index contributed by atoms with van der Waals surface area (Å²) in [6, 6.07) is 21.0. The molecule has 1 aliphatic heterocycles. The van der Waals surface area contributed by atoms with Crippen LogP contribution in [-0.2, 0) is 19.3 Å². The lowest BCUT2D eigenvalue weighted by molar-refractivity contribution is 0.589. The lowest BCUT2D eigenvalue weighted by Gasteiger charge is -2.21. The quantitative estimate of drug-likeness (QED) is 0.189. The maximum absolute atomic E-state index is 6.29. The molecular formula is C42H40N2. The molecule has 0 spiro atoms. The normalized spacial score (nSPS) is 22.3. The highest BCUT2D eigenvalue weighted by Gasteiger charge is 2.19. The summed E-state index contributed by atoms with van der Waals surface area (Å²) < 4.78 is 0. The van der Waals surface area contributed by atoms with Gasteiger partial charge < -0.3 is 11.1 Å². The minimum absolute atomic E-state index is 0.313. The van der Waals surface area contributed by atoms with Crippen LogP contribution in [0.5, 0.6) is 0 Å². The van der Waals surface area contributed by atoms with Crippen LogP contribution in [0.25, 0.3) is 33.7 Å². The third kappa shape index (κ3) is 5.08. The van der Waals surface area contributed by atoms with Crippen LogP contribution in [0, 0.1) is 0 Å².